The van der Waals surface area contributed by atoms with Crippen LogP contribution >= 0.6 is 11.6 Å². The summed E-state index contributed by atoms with van der Waals surface area (Å²) >= 11 is 6.16. The molecule has 1 aromatic carbocycles. The third-order valence-electron chi connectivity index (χ3n) is 4.55. The number of carbonyl (C=O) groups is 1. The van der Waals surface area contributed by atoms with Crippen LogP contribution in [-0.2, 0) is 19.7 Å². The van der Waals surface area contributed by atoms with E-state index in [0.29, 0.717) is 35.2 Å². The number of amides is 1. The topological polar surface area (TPSA) is 104 Å². The third-order valence-corrected chi connectivity index (χ3v) is 4.87. The predicted molar refractivity (Wildman–Crippen MR) is 110 cm³/mol. The molecule has 0 bridgehead atoms. The number of nitro groups is 1. The average molecular weight is 433 g/mol. The molecule has 0 atom stereocenters. The Hall–Kier alpha value is -3.33. The third kappa shape index (κ3) is 4.62. The van der Waals surface area contributed by atoms with Crippen molar-refractivity contribution in [2.24, 2.45) is 0 Å². The van der Waals surface area contributed by atoms with E-state index in [2.05, 4.69) is 5.10 Å². The Morgan fingerprint density at radius 2 is 2.13 bits per heavy atom. The van der Waals surface area contributed by atoms with Gasteiger partial charge in [-0.05, 0) is 38.1 Å². The van der Waals surface area contributed by atoms with Crippen LogP contribution in [0.4, 0.5) is 5.69 Å². The number of aryl methyl sites for hydroxylation is 2. The van der Waals surface area contributed by atoms with Crippen molar-refractivity contribution >= 4 is 23.2 Å². The highest BCUT2D eigenvalue weighted by Gasteiger charge is 2.19. The van der Waals surface area contributed by atoms with Crippen LogP contribution < -0.4 is 4.74 Å². The Morgan fingerprint density at radius 1 is 1.37 bits per heavy atom. The molecule has 0 aliphatic carbocycles. The summed E-state index contributed by atoms with van der Waals surface area (Å²) in [6.45, 7) is 4.61. The predicted octanol–water partition coefficient (Wildman–Crippen LogP) is 4.22. The van der Waals surface area contributed by atoms with Crippen LogP contribution in [0.25, 0.3) is 0 Å². The van der Waals surface area contributed by atoms with Crippen LogP contribution in [0, 0.1) is 17.0 Å². The first kappa shape index (κ1) is 21.4. The maximum absolute atomic E-state index is 12.7. The van der Waals surface area contributed by atoms with E-state index >= 15 is 0 Å². The van der Waals surface area contributed by atoms with Crippen LogP contribution in [0.3, 0.4) is 0 Å². The number of hydrogen-bond acceptors (Lipinski definition) is 6. The summed E-state index contributed by atoms with van der Waals surface area (Å²) in [4.78, 5) is 24.6. The molecule has 0 aliphatic heterocycles. The lowest BCUT2D eigenvalue weighted by molar-refractivity contribution is -0.385. The van der Waals surface area contributed by atoms with Gasteiger partial charge in [0, 0.05) is 25.2 Å². The fourth-order valence-electron chi connectivity index (χ4n) is 2.95. The molecule has 0 aliphatic rings. The molecule has 0 saturated carbocycles. The lowest BCUT2D eigenvalue weighted by atomic mass is 10.2. The van der Waals surface area contributed by atoms with Crippen molar-refractivity contribution in [3.8, 4) is 5.75 Å². The number of furan rings is 1. The van der Waals surface area contributed by atoms with E-state index in [1.807, 2.05) is 6.92 Å². The van der Waals surface area contributed by atoms with Gasteiger partial charge >= 0.3 is 0 Å². The summed E-state index contributed by atoms with van der Waals surface area (Å²) in [6.07, 6.45) is 1.56. The van der Waals surface area contributed by atoms with E-state index in [1.54, 1.807) is 43.0 Å². The van der Waals surface area contributed by atoms with E-state index < -0.39 is 4.92 Å². The maximum Gasteiger partial charge on any atom is 0.289 e. The summed E-state index contributed by atoms with van der Waals surface area (Å²) in [7, 11) is 1.66. The first-order chi connectivity index (χ1) is 14.3. The monoisotopic (exact) mass is 432 g/mol. The van der Waals surface area contributed by atoms with Gasteiger partial charge in [0.15, 0.2) is 5.76 Å². The summed E-state index contributed by atoms with van der Waals surface area (Å²) in [6, 6.07) is 7.73. The Kier molecular flexibility index (Phi) is 6.41. The van der Waals surface area contributed by atoms with Gasteiger partial charge in [0.1, 0.15) is 18.1 Å². The molecule has 0 N–H and O–H groups in total. The minimum Gasteiger partial charge on any atom is -0.486 e. The number of carbonyl (C=O) groups excluding carboxylic acids is 1. The zero-order valence-corrected chi connectivity index (χ0v) is 17.5. The van der Waals surface area contributed by atoms with Gasteiger partial charge in [0.25, 0.3) is 11.6 Å². The standard InChI is InChI=1S/C20H21ClN4O5/c1-4-24-18(16(21)10-22-24)11-23(3)20(26)19-8-6-15(30-19)12-29-14-5-7-17(25(27)28)13(2)9-14/h5-10H,4,11-12H2,1-3H3. The van der Waals surface area contributed by atoms with Crippen LogP contribution in [-0.4, -0.2) is 32.6 Å². The van der Waals surface area contributed by atoms with E-state index in [4.69, 9.17) is 20.8 Å². The second kappa shape index (κ2) is 9.00. The first-order valence-electron chi connectivity index (χ1n) is 9.22. The average Bonchev–Trinajstić information content (AvgIpc) is 3.32. The molecule has 10 heteroatoms. The van der Waals surface area contributed by atoms with Crippen LogP contribution in [0.5, 0.6) is 5.75 Å². The molecule has 0 spiro atoms. The highest BCUT2D eigenvalue weighted by Crippen LogP contribution is 2.24. The van der Waals surface area contributed by atoms with Crippen molar-refractivity contribution in [1.82, 2.24) is 14.7 Å². The van der Waals surface area contributed by atoms with Gasteiger partial charge in [-0.1, -0.05) is 11.6 Å². The van der Waals surface area contributed by atoms with E-state index in [-0.39, 0.29) is 24.0 Å². The van der Waals surface area contributed by atoms with E-state index in [0.717, 1.165) is 5.69 Å². The Balaban J connectivity index is 1.62. The number of nitro benzene ring substituents is 1. The number of halogens is 1. The molecule has 0 radical (unpaired) electrons. The fraction of sp³-hybridized carbons (Fsp3) is 0.300. The molecular formula is C20H21ClN4O5. The summed E-state index contributed by atoms with van der Waals surface area (Å²) in [5.74, 6) is 0.809. The van der Waals surface area contributed by atoms with Gasteiger partial charge < -0.3 is 14.1 Å². The number of ether oxygens (including phenoxy) is 1. The highest BCUT2D eigenvalue weighted by molar-refractivity contribution is 6.31. The normalized spacial score (nSPS) is 10.8. The summed E-state index contributed by atoms with van der Waals surface area (Å²) in [5, 5.41) is 15.6. The lowest BCUT2D eigenvalue weighted by Gasteiger charge is -2.16. The number of benzene rings is 1. The summed E-state index contributed by atoms with van der Waals surface area (Å²) in [5.41, 5.74) is 1.28. The Bertz CT molecular complexity index is 1080. The molecule has 2 heterocycles. The molecule has 0 fully saturated rings. The smallest absolute Gasteiger partial charge is 0.289 e. The van der Waals surface area contributed by atoms with Gasteiger partial charge in [-0.25, -0.2) is 0 Å². The molecule has 158 valence electrons. The fourth-order valence-corrected chi connectivity index (χ4v) is 3.15. The van der Waals surface area contributed by atoms with Crippen molar-refractivity contribution in [2.45, 2.75) is 33.5 Å². The number of hydrogen-bond donors (Lipinski definition) is 0. The molecule has 3 aromatic rings. The van der Waals surface area contributed by atoms with Crippen molar-refractivity contribution in [2.75, 3.05) is 7.05 Å². The van der Waals surface area contributed by atoms with Crippen molar-refractivity contribution in [1.29, 1.82) is 0 Å². The zero-order valence-electron chi connectivity index (χ0n) is 16.8. The molecular weight excluding hydrogens is 412 g/mol. The van der Waals surface area contributed by atoms with Crippen molar-refractivity contribution in [3.05, 3.63) is 74.4 Å². The van der Waals surface area contributed by atoms with Crippen LogP contribution in [0.1, 0.15) is 34.5 Å². The van der Waals surface area contributed by atoms with Crippen LogP contribution in [0.15, 0.2) is 40.9 Å². The molecule has 30 heavy (non-hydrogen) atoms. The van der Waals surface area contributed by atoms with Crippen LogP contribution in [0.2, 0.25) is 5.02 Å². The highest BCUT2D eigenvalue weighted by atomic mass is 35.5. The maximum atomic E-state index is 12.7. The second-order valence-corrected chi connectivity index (χ2v) is 7.08. The Labute approximate surface area is 177 Å². The molecule has 0 unspecified atom stereocenters. The van der Waals surface area contributed by atoms with E-state index in [9.17, 15) is 14.9 Å². The molecule has 3 rings (SSSR count). The SMILES string of the molecule is CCn1ncc(Cl)c1CN(C)C(=O)c1ccc(COc2ccc([N+](=O)[O-])c(C)c2)o1. The largest absolute Gasteiger partial charge is 0.486 e. The number of rotatable bonds is 8. The quantitative estimate of drug-likeness (QED) is 0.390. The molecule has 9 nitrogen and oxygen atoms in total. The molecule has 0 saturated heterocycles. The van der Waals surface area contributed by atoms with Gasteiger partial charge in [-0.15, -0.1) is 0 Å². The van der Waals surface area contributed by atoms with Crippen molar-refractivity contribution < 1.29 is 18.9 Å². The van der Waals surface area contributed by atoms with E-state index in [1.165, 1.54) is 17.0 Å². The lowest BCUT2D eigenvalue weighted by Crippen LogP contribution is -2.27. The first-order valence-corrected chi connectivity index (χ1v) is 9.60. The Morgan fingerprint density at radius 3 is 2.80 bits per heavy atom. The van der Waals surface area contributed by atoms with Gasteiger partial charge in [0.2, 0.25) is 0 Å². The number of nitrogens with zero attached hydrogens (tertiary/aromatic N) is 4. The molecule has 2 aromatic heterocycles. The second-order valence-electron chi connectivity index (χ2n) is 6.68. The minimum absolute atomic E-state index is 0.0285. The number of aromatic nitrogens is 2. The van der Waals surface area contributed by atoms with Crippen molar-refractivity contribution in [3.63, 3.8) is 0 Å². The zero-order chi connectivity index (χ0) is 21.8. The molecule has 1 amide bonds. The van der Waals surface area contributed by atoms with Gasteiger partial charge in [-0.3, -0.25) is 19.6 Å². The van der Waals surface area contributed by atoms with Gasteiger partial charge in [0.05, 0.1) is 28.4 Å². The van der Waals surface area contributed by atoms with Gasteiger partial charge in [-0.2, -0.15) is 5.10 Å². The summed E-state index contributed by atoms with van der Waals surface area (Å²) < 4.78 is 13.0. The minimum atomic E-state index is -0.444.